The number of hydrogen-bond donors (Lipinski definition) is 0. The van der Waals surface area contributed by atoms with Crippen LogP contribution in [-0.2, 0) is 24.2 Å². The Bertz CT molecular complexity index is 563. The van der Waals surface area contributed by atoms with Gasteiger partial charge in [-0.2, -0.15) is 0 Å². The average Bonchev–Trinajstić information content (AvgIpc) is 2.57. The molecular formula is C21H21O+. The maximum Gasteiger partial charge on any atom is 0.172 e. The molecule has 110 valence electrons. The highest BCUT2D eigenvalue weighted by molar-refractivity contribution is 5.17. The van der Waals surface area contributed by atoms with Crippen LogP contribution in [0.25, 0.3) is 0 Å². The van der Waals surface area contributed by atoms with Gasteiger partial charge in [-0.3, -0.25) is 0 Å². The molecule has 0 amide bonds. The summed E-state index contributed by atoms with van der Waals surface area (Å²) in [6.07, 6.45) is 0. The van der Waals surface area contributed by atoms with Gasteiger partial charge in [0, 0.05) is 16.7 Å². The lowest BCUT2D eigenvalue weighted by Crippen LogP contribution is -2.14. The molecule has 22 heavy (non-hydrogen) atoms. The molecule has 0 spiro atoms. The highest BCUT2D eigenvalue weighted by Crippen LogP contribution is 2.18. The summed E-state index contributed by atoms with van der Waals surface area (Å²) in [5.41, 5.74) is 3.96. The van der Waals surface area contributed by atoms with E-state index in [2.05, 4.69) is 95.4 Å². The first kappa shape index (κ1) is 14.6. The molecule has 0 atom stereocenters. The van der Waals surface area contributed by atoms with E-state index in [1.54, 1.807) is 0 Å². The first-order chi connectivity index (χ1) is 10.9. The van der Waals surface area contributed by atoms with Gasteiger partial charge in [-0.05, 0) is 0 Å². The molecule has 1 heteroatoms. The lowest BCUT2D eigenvalue weighted by molar-refractivity contribution is -0.182. The minimum Gasteiger partial charge on any atom is -0.411 e. The molecule has 3 aromatic carbocycles. The standard InChI is InChI=1S/C21H21O/c1-4-10-19(11-5-1)16-22(17-20-12-6-2-7-13-20)18-21-14-8-3-9-15-21/h1-15H,16-18H2/q+1. The Kier molecular flexibility index (Phi) is 5.01. The van der Waals surface area contributed by atoms with Crippen LogP contribution in [0.2, 0.25) is 0 Å². The fourth-order valence-corrected chi connectivity index (χ4v) is 2.58. The third-order valence-electron chi connectivity index (χ3n) is 3.64. The molecule has 0 heterocycles. The summed E-state index contributed by atoms with van der Waals surface area (Å²) in [5.74, 6) is 0. The van der Waals surface area contributed by atoms with Crippen LogP contribution in [0.4, 0.5) is 0 Å². The van der Waals surface area contributed by atoms with Crippen LogP contribution in [0.5, 0.6) is 0 Å². The van der Waals surface area contributed by atoms with Crippen LogP contribution in [0.3, 0.4) is 0 Å². The lowest BCUT2D eigenvalue weighted by atomic mass is 10.2. The van der Waals surface area contributed by atoms with Crippen LogP contribution in [0, 0.1) is 0 Å². The zero-order valence-electron chi connectivity index (χ0n) is 12.7. The fraction of sp³-hybridized carbons (Fsp3) is 0.143. The first-order valence-electron chi connectivity index (χ1n) is 7.66. The van der Waals surface area contributed by atoms with Crippen molar-refractivity contribution in [3.63, 3.8) is 0 Å². The van der Waals surface area contributed by atoms with Crippen LogP contribution in [-0.4, -0.2) is 0 Å². The van der Waals surface area contributed by atoms with Crippen LogP contribution >= 0.6 is 0 Å². The molecule has 0 fully saturated rings. The van der Waals surface area contributed by atoms with Crippen LogP contribution < -0.4 is 0 Å². The lowest BCUT2D eigenvalue weighted by Gasteiger charge is -2.20. The Labute approximate surface area is 132 Å². The second-order valence-corrected chi connectivity index (χ2v) is 5.50. The van der Waals surface area contributed by atoms with E-state index in [0.29, 0.717) is 0 Å². The molecule has 1 nitrogen and oxygen atoms in total. The molecule has 0 aliphatic rings. The summed E-state index contributed by atoms with van der Waals surface area (Å²) < 4.78 is 3.41. The summed E-state index contributed by atoms with van der Waals surface area (Å²) in [5, 5.41) is 0. The third kappa shape index (κ3) is 4.31. The van der Waals surface area contributed by atoms with Gasteiger partial charge in [0.2, 0.25) is 0 Å². The quantitative estimate of drug-likeness (QED) is 0.553. The first-order valence-corrected chi connectivity index (χ1v) is 7.66. The van der Waals surface area contributed by atoms with Gasteiger partial charge in [-0.15, -0.1) is 0 Å². The van der Waals surface area contributed by atoms with Gasteiger partial charge < -0.3 is 4.37 Å². The van der Waals surface area contributed by atoms with E-state index in [4.69, 9.17) is 0 Å². The van der Waals surface area contributed by atoms with Crippen molar-refractivity contribution in [3.05, 3.63) is 108 Å². The summed E-state index contributed by atoms with van der Waals surface area (Å²) >= 11 is 0. The summed E-state index contributed by atoms with van der Waals surface area (Å²) in [7, 11) is 0. The van der Waals surface area contributed by atoms with E-state index in [1.807, 2.05) is 0 Å². The highest BCUT2D eigenvalue weighted by atomic mass is 16.7. The molecule has 0 N–H and O–H groups in total. The minimum atomic E-state index is 0.880. The van der Waals surface area contributed by atoms with Crippen molar-refractivity contribution in [1.29, 1.82) is 0 Å². The van der Waals surface area contributed by atoms with Crippen molar-refractivity contribution < 1.29 is 4.37 Å². The van der Waals surface area contributed by atoms with E-state index in [0.717, 1.165) is 19.8 Å². The van der Waals surface area contributed by atoms with Gasteiger partial charge >= 0.3 is 0 Å². The van der Waals surface area contributed by atoms with E-state index in [1.165, 1.54) is 16.7 Å². The maximum absolute atomic E-state index is 3.41. The number of benzene rings is 3. The van der Waals surface area contributed by atoms with E-state index >= 15 is 0 Å². The summed E-state index contributed by atoms with van der Waals surface area (Å²) in [4.78, 5) is 0. The second-order valence-electron chi connectivity index (χ2n) is 5.50. The van der Waals surface area contributed by atoms with Gasteiger partial charge in [-0.1, -0.05) is 91.0 Å². The minimum absolute atomic E-state index is 0.880. The zero-order valence-corrected chi connectivity index (χ0v) is 12.7. The van der Waals surface area contributed by atoms with Crippen molar-refractivity contribution in [1.82, 2.24) is 0 Å². The predicted octanol–water partition coefficient (Wildman–Crippen LogP) is 5.14. The molecule has 0 radical (unpaired) electrons. The average molecular weight is 289 g/mol. The molecule has 3 aromatic rings. The zero-order chi connectivity index (χ0) is 15.0. The van der Waals surface area contributed by atoms with E-state index in [-0.39, 0.29) is 0 Å². The highest BCUT2D eigenvalue weighted by Gasteiger charge is 2.13. The predicted molar refractivity (Wildman–Crippen MR) is 91.5 cm³/mol. The Morgan fingerprint density at radius 2 is 0.682 bits per heavy atom. The molecule has 0 unspecified atom stereocenters. The second kappa shape index (κ2) is 7.58. The van der Waals surface area contributed by atoms with Crippen LogP contribution in [0.1, 0.15) is 16.7 Å². The number of hydrogen-bond acceptors (Lipinski definition) is 0. The van der Waals surface area contributed by atoms with Gasteiger partial charge in [0.25, 0.3) is 0 Å². The monoisotopic (exact) mass is 289 g/mol. The van der Waals surface area contributed by atoms with Crippen LogP contribution in [0.15, 0.2) is 91.0 Å². The topological polar surface area (TPSA) is 2.70 Å². The smallest absolute Gasteiger partial charge is 0.172 e. The molecule has 0 saturated heterocycles. The van der Waals surface area contributed by atoms with E-state index < -0.39 is 0 Å². The third-order valence-corrected chi connectivity index (χ3v) is 3.64. The van der Waals surface area contributed by atoms with Gasteiger partial charge in [0.1, 0.15) is 0 Å². The fourth-order valence-electron chi connectivity index (χ4n) is 2.58. The molecule has 0 bridgehead atoms. The Hall–Kier alpha value is -2.38. The molecular weight excluding hydrogens is 268 g/mol. The van der Waals surface area contributed by atoms with Crippen molar-refractivity contribution in [2.24, 2.45) is 0 Å². The Balaban J connectivity index is 1.75. The molecule has 0 saturated carbocycles. The largest absolute Gasteiger partial charge is 0.411 e. The van der Waals surface area contributed by atoms with Crippen molar-refractivity contribution in [3.8, 4) is 0 Å². The number of rotatable bonds is 6. The van der Waals surface area contributed by atoms with Crippen molar-refractivity contribution in [2.45, 2.75) is 19.8 Å². The molecule has 0 aromatic heterocycles. The SMILES string of the molecule is c1ccc(C[O+](Cc2ccccc2)Cc2ccccc2)cc1. The van der Waals surface area contributed by atoms with Crippen molar-refractivity contribution >= 4 is 0 Å². The molecule has 0 aliphatic heterocycles. The van der Waals surface area contributed by atoms with Crippen molar-refractivity contribution in [2.75, 3.05) is 0 Å². The Morgan fingerprint density at radius 3 is 0.955 bits per heavy atom. The van der Waals surface area contributed by atoms with Gasteiger partial charge in [0.05, 0.1) is 0 Å². The Morgan fingerprint density at radius 1 is 0.409 bits per heavy atom. The summed E-state index contributed by atoms with van der Waals surface area (Å²) in [6, 6.07) is 31.8. The summed E-state index contributed by atoms with van der Waals surface area (Å²) in [6.45, 7) is 2.64. The maximum atomic E-state index is 3.41. The van der Waals surface area contributed by atoms with Gasteiger partial charge in [0.15, 0.2) is 19.8 Å². The molecule has 0 aliphatic carbocycles. The normalized spacial score (nSPS) is 10.8. The van der Waals surface area contributed by atoms with Gasteiger partial charge in [-0.25, -0.2) is 0 Å². The van der Waals surface area contributed by atoms with E-state index in [9.17, 15) is 0 Å². The molecule has 3 rings (SSSR count).